The molecule has 0 fully saturated rings. The van der Waals surface area contributed by atoms with Crippen LogP contribution in [0.3, 0.4) is 0 Å². The normalized spacial score (nSPS) is 14.0. The Morgan fingerprint density at radius 3 is 1.70 bits per heavy atom. The second-order valence-electron chi connectivity index (χ2n) is 13.2. The molecule has 7 aromatic carbocycles. The third-order valence-electron chi connectivity index (χ3n) is 10.3. The number of rotatable bonds is 3. The first kappa shape index (κ1) is 32.3. The number of hydrogen-bond acceptors (Lipinski definition) is 7. The van der Waals surface area contributed by atoms with Crippen LogP contribution in [0.4, 0.5) is 0 Å². The van der Waals surface area contributed by atoms with Gasteiger partial charge in [-0.2, -0.15) is 0 Å². The van der Waals surface area contributed by atoms with Crippen molar-refractivity contribution in [2.45, 2.75) is 6.42 Å². The molecular weight excluding hydrogens is 661 g/mol. The number of phenolic OH excluding ortho intramolecular Hbond substituents is 3. The molecule has 248 valence electrons. The highest BCUT2D eigenvalue weighted by Crippen LogP contribution is 2.52. The minimum atomic E-state index is -0.951. The summed E-state index contributed by atoms with van der Waals surface area (Å²) in [6.07, 6.45) is -0.565. The standard InChI is InChI=1S/C43H25B3O7/c44-36-35(34(41(50)43(52)42(36)51)27-18-28(47)40(49)38(46)37(45)39(27)48)33-24-11-5-3-9-22(24)31(23-10-4-6-12-25(23)33)20-14-15-29-26(17-20)32-21-8-2-1-7-19(21)13-16-30(32)53-29/h1-17,47-52H,18H2. The predicted octanol–water partition coefficient (Wildman–Crippen LogP) is 8.84. The molecule has 0 spiro atoms. The van der Waals surface area contributed by atoms with Crippen molar-refractivity contribution in [3.05, 3.63) is 137 Å². The molecule has 9 rings (SSSR count). The van der Waals surface area contributed by atoms with E-state index in [1.165, 1.54) is 0 Å². The van der Waals surface area contributed by atoms with Crippen LogP contribution in [0.2, 0.25) is 0 Å². The molecular formula is C43H25B3O7. The lowest BCUT2D eigenvalue weighted by atomic mass is 9.74. The van der Waals surface area contributed by atoms with Gasteiger partial charge in [0.15, 0.2) is 17.2 Å². The van der Waals surface area contributed by atoms with E-state index in [9.17, 15) is 30.6 Å². The Morgan fingerprint density at radius 1 is 0.472 bits per heavy atom. The van der Waals surface area contributed by atoms with Crippen LogP contribution in [0.15, 0.2) is 136 Å². The van der Waals surface area contributed by atoms with Gasteiger partial charge >= 0.3 is 0 Å². The van der Waals surface area contributed by atoms with E-state index in [1.54, 1.807) is 0 Å². The minimum absolute atomic E-state index is 0.0432. The maximum atomic E-state index is 11.6. The van der Waals surface area contributed by atoms with Crippen LogP contribution in [0.1, 0.15) is 12.0 Å². The Hall–Kier alpha value is -6.67. The van der Waals surface area contributed by atoms with Gasteiger partial charge in [0, 0.05) is 28.3 Å². The number of aliphatic hydroxyl groups excluding tert-OH is 3. The van der Waals surface area contributed by atoms with Gasteiger partial charge in [-0.25, -0.2) is 0 Å². The molecule has 1 aliphatic carbocycles. The molecule has 6 N–H and O–H groups in total. The van der Waals surface area contributed by atoms with Crippen molar-refractivity contribution in [2.24, 2.45) is 0 Å². The zero-order chi connectivity index (χ0) is 36.9. The number of benzene rings is 7. The molecule has 10 heteroatoms. The van der Waals surface area contributed by atoms with Crippen molar-refractivity contribution < 1.29 is 35.1 Å². The van der Waals surface area contributed by atoms with E-state index in [0.29, 0.717) is 16.3 Å². The highest BCUT2D eigenvalue weighted by atomic mass is 16.3. The summed E-state index contributed by atoms with van der Waals surface area (Å²) in [7, 11) is 18.7. The van der Waals surface area contributed by atoms with E-state index >= 15 is 0 Å². The van der Waals surface area contributed by atoms with Crippen molar-refractivity contribution in [2.75, 3.05) is 0 Å². The van der Waals surface area contributed by atoms with Gasteiger partial charge in [0.25, 0.3) is 0 Å². The summed E-state index contributed by atoms with van der Waals surface area (Å²) < 4.78 is 6.30. The summed E-state index contributed by atoms with van der Waals surface area (Å²) in [5, 5.41) is 73.3. The Kier molecular flexibility index (Phi) is 7.11. The van der Waals surface area contributed by atoms with Crippen LogP contribution in [0.25, 0.3) is 82.1 Å². The third-order valence-corrected chi connectivity index (χ3v) is 10.3. The molecule has 0 bridgehead atoms. The summed E-state index contributed by atoms with van der Waals surface area (Å²) >= 11 is 0. The van der Waals surface area contributed by atoms with E-state index in [4.69, 9.17) is 28.0 Å². The van der Waals surface area contributed by atoms with E-state index < -0.39 is 51.9 Å². The Morgan fingerprint density at radius 2 is 1.04 bits per heavy atom. The molecule has 7 nitrogen and oxygen atoms in total. The number of aliphatic hydroxyl groups is 3. The molecule has 0 aliphatic heterocycles. The van der Waals surface area contributed by atoms with Gasteiger partial charge in [-0.1, -0.05) is 95.9 Å². The van der Waals surface area contributed by atoms with Gasteiger partial charge < -0.3 is 35.1 Å². The first-order valence-electron chi connectivity index (χ1n) is 16.7. The smallest absolute Gasteiger partial charge is 0.200 e. The van der Waals surface area contributed by atoms with E-state index in [1.807, 2.05) is 84.9 Å². The fraction of sp³-hybridized carbons (Fsp3) is 0.0233. The number of phenols is 3. The second-order valence-corrected chi connectivity index (χ2v) is 13.2. The van der Waals surface area contributed by atoms with Crippen molar-refractivity contribution in [3.8, 4) is 39.5 Å². The maximum absolute atomic E-state index is 11.6. The summed E-state index contributed by atoms with van der Waals surface area (Å²) in [5.41, 5.74) is 2.10. The zero-order valence-corrected chi connectivity index (χ0v) is 27.8. The zero-order valence-electron chi connectivity index (χ0n) is 27.8. The van der Waals surface area contributed by atoms with Crippen LogP contribution in [-0.4, -0.2) is 54.2 Å². The number of hydrogen-bond donors (Lipinski definition) is 6. The summed E-state index contributed by atoms with van der Waals surface area (Å²) in [6, 6.07) is 33.4. The lowest BCUT2D eigenvalue weighted by molar-refractivity contribution is 0.331. The lowest BCUT2D eigenvalue weighted by Crippen LogP contribution is -2.13. The number of allylic oxidation sites excluding steroid dienone is 3. The molecule has 1 heterocycles. The van der Waals surface area contributed by atoms with Gasteiger partial charge in [0.1, 0.15) is 52.0 Å². The average Bonchev–Trinajstić information content (AvgIpc) is 3.54. The minimum Gasteiger partial charge on any atom is -0.508 e. The number of furan rings is 1. The Bertz CT molecular complexity index is 2970. The van der Waals surface area contributed by atoms with Gasteiger partial charge in [-0.3, -0.25) is 0 Å². The van der Waals surface area contributed by atoms with Crippen LogP contribution < -0.4 is 5.46 Å². The topological polar surface area (TPSA) is 135 Å². The summed E-state index contributed by atoms with van der Waals surface area (Å²) in [6.45, 7) is 0. The average molecular weight is 686 g/mol. The van der Waals surface area contributed by atoms with Gasteiger partial charge in [0.2, 0.25) is 0 Å². The molecule has 0 unspecified atom stereocenters. The Labute approximate surface area is 305 Å². The molecule has 53 heavy (non-hydrogen) atoms. The van der Waals surface area contributed by atoms with Gasteiger partial charge in [-0.05, 0) is 78.2 Å². The fourth-order valence-electron chi connectivity index (χ4n) is 7.81. The highest BCUT2D eigenvalue weighted by molar-refractivity contribution is 6.41. The summed E-state index contributed by atoms with van der Waals surface area (Å²) in [5.74, 6) is -4.65. The van der Waals surface area contributed by atoms with Crippen LogP contribution in [0, 0.1) is 0 Å². The van der Waals surface area contributed by atoms with Crippen molar-refractivity contribution in [1.82, 2.24) is 0 Å². The third kappa shape index (κ3) is 4.58. The predicted molar refractivity (Wildman–Crippen MR) is 212 cm³/mol. The largest absolute Gasteiger partial charge is 0.508 e. The molecule has 6 radical (unpaired) electrons. The van der Waals surface area contributed by atoms with Crippen molar-refractivity contribution >= 4 is 88.8 Å². The summed E-state index contributed by atoms with van der Waals surface area (Å²) in [4.78, 5) is 0. The maximum Gasteiger partial charge on any atom is 0.200 e. The van der Waals surface area contributed by atoms with Gasteiger partial charge in [0.05, 0.1) is 0 Å². The highest BCUT2D eigenvalue weighted by Gasteiger charge is 2.31. The van der Waals surface area contributed by atoms with Crippen molar-refractivity contribution in [3.63, 3.8) is 0 Å². The molecule has 1 aromatic heterocycles. The molecule has 8 aromatic rings. The molecule has 0 atom stereocenters. The van der Waals surface area contributed by atoms with Crippen LogP contribution >= 0.6 is 0 Å². The van der Waals surface area contributed by atoms with Gasteiger partial charge in [-0.15, -0.1) is 0 Å². The first-order valence-corrected chi connectivity index (χ1v) is 16.7. The number of fused-ring (bicyclic) bond motifs is 7. The molecule has 0 amide bonds. The SMILES string of the molecule is [B]C1=C([B])C(O)=C(c2c(O)c(O)c(O)c([B])c2-c2c3ccccc3c(-c3ccc4oc5ccc6ccccc6c5c4c3)c3ccccc23)CC(O)=C1O. The molecule has 0 saturated carbocycles. The van der Waals surface area contributed by atoms with Crippen molar-refractivity contribution in [1.29, 1.82) is 0 Å². The molecule has 0 saturated heterocycles. The van der Waals surface area contributed by atoms with E-state index in [0.717, 1.165) is 54.6 Å². The van der Waals surface area contributed by atoms with E-state index in [2.05, 4.69) is 18.2 Å². The van der Waals surface area contributed by atoms with Crippen LogP contribution in [-0.2, 0) is 0 Å². The number of aromatic hydroxyl groups is 3. The fourth-order valence-corrected chi connectivity index (χ4v) is 7.81. The van der Waals surface area contributed by atoms with E-state index in [-0.39, 0.29) is 22.2 Å². The Balaban J connectivity index is 1.41. The monoisotopic (exact) mass is 686 g/mol. The lowest BCUT2D eigenvalue weighted by Gasteiger charge is -2.24. The second kappa shape index (κ2) is 11.7. The first-order chi connectivity index (χ1) is 25.6. The quantitative estimate of drug-likeness (QED) is 0.0622. The molecule has 1 aliphatic rings. The van der Waals surface area contributed by atoms with Crippen LogP contribution in [0.5, 0.6) is 17.2 Å².